The van der Waals surface area contributed by atoms with E-state index in [-0.39, 0.29) is 23.8 Å². The predicted octanol–water partition coefficient (Wildman–Crippen LogP) is 1.17. The quantitative estimate of drug-likeness (QED) is 0.845. The Morgan fingerprint density at radius 3 is 2.58 bits per heavy atom. The van der Waals surface area contributed by atoms with Gasteiger partial charge in [0.2, 0.25) is 11.8 Å². The highest BCUT2D eigenvalue weighted by Gasteiger charge is 2.54. The summed E-state index contributed by atoms with van der Waals surface area (Å²) in [5.41, 5.74) is 2.59. The van der Waals surface area contributed by atoms with Crippen LogP contribution in [0.25, 0.3) is 10.9 Å². The maximum Gasteiger partial charge on any atom is 0.220 e. The molecule has 0 saturated carbocycles. The normalized spacial score (nSPS) is 20.8. The average molecular weight is 357 g/mol. The number of fused-ring (bicyclic) bond motifs is 4. The SMILES string of the molecule is COc1ccc2c3c([nH]c2c1)[C@@H](CO)N(C(C)=O)CC31CN(C(C)=O)C1. The number of aromatic nitrogens is 1. The first-order valence-electron chi connectivity index (χ1n) is 8.74. The van der Waals surface area contributed by atoms with E-state index in [1.807, 2.05) is 18.2 Å². The van der Waals surface area contributed by atoms with Crippen molar-refractivity contribution in [2.24, 2.45) is 0 Å². The van der Waals surface area contributed by atoms with Crippen LogP contribution in [0, 0.1) is 0 Å². The molecule has 2 aliphatic rings. The zero-order chi connectivity index (χ0) is 18.6. The molecule has 1 fully saturated rings. The number of methoxy groups -OCH3 is 1. The number of hydrogen-bond acceptors (Lipinski definition) is 4. The number of carbonyl (C=O) groups is 2. The molecule has 0 radical (unpaired) electrons. The van der Waals surface area contributed by atoms with Crippen molar-refractivity contribution in [1.29, 1.82) is 0 Å². The standard InChI is InChI=1S/C19H23N3O4/c1-11(24)21-8-19(9-21)10-22(12(2)25)16(7-23)18-17(19)14-5-4-13(26-3)6-15(14)20-18/h4-6,16,20,23H,7-10H2,1-3H3/t16-/m1/s1. The Morgan fingerprint density at radius 2 is 2.00 bits per heavy atom. The van der Waals surface area contributed by atoms with Gasteiger partial charge in [-0.25, -0.2) is 0 Å². The van der Waals surface area contributed by atoms with Gasteiger partial charge < -0.3 is 24.6 Å². The van der Waals surface area contributed by atoms with E-state index in [4.69, 9.17) is 4.74 Å². The number of likely N-dealkylation sites (tertiary alicyclic amines) is 1. The van der Waals surface area contributed by atoms with Gasteiger partial charge in [-0.3, -0.25) is 9.59 Å². The Kier molecular flexibility index (Phi) is 3.73. The Morgan fingerprint density at radius 1 is 1.27 bits per heavy atom. The molecule has 0 unspecified atom stereocenters. The molecule has 26 heavy (non-hydrogen) atoms. The summed E-state index contributed by atoms with van der Waals surface area (Å²) in [5, 5.41) is 11.0. The minimum absolute atomic E-state index is 0.0392. The summed E-state index contributed by atoms with van der Waals surface area (Å²) < 4.78 is 5.32. The zero-order valence-electron chi connectivity index (χ0n) is 15.2. The molecule has 3 heterocycles. The number of nitrogens with zero attached hydrogens (tertiary/aromatic N) is 2. The molecule has 0 aliphatic carbocycles. The van der Waals surface area contributed by atoms with Crippen molar-refractivity contribution in [3.8, 4) is 5.75 Å². The first-order valence-corrected chi connectivity index (χ1v) is 8.74. The molecule has 0 bridgehead atoms. The fourth-order valence-corrected chi connectivity index (χ4v) is 4.50. The molecule has 2 amide bonds. The predicted molar refractivity (Wildman–Crippen MR) is 96.0 cm³/mol. The molecule has 1 saturated heterocycles. The van der Waals surface area contributed by atoms with Crippen molar-refractivity contribution in [2.75, 3.05) is 33.4 Å². The van der Waals surface area contributed by atoms with Gasteiger partial charge in [0.25, 0.3) is 0 Å². The Labute approximate surface area is 151 Å². The van der Waals surface area contributed by atoms with Gasteiger partial charge in [0.1, 0.15) is 5.75 Å². The number of aromatic amines is 1. The minimum atomic E-state index is -0.405. The fourth-order valence-electron chi connectivity index (χ4n) is 4.50. The Bertz CT molecular complexity index is 898. The number of nitrogens with one attached hydrogen (secondary N) is 1. The molecule has 2 N–H and O–H groups in total. The first-order chi connectivity index (χ1) is 12.4. The zero-order valence-corrected chi connectivity index (χ0v) is 15.2. The topological polar surface area (TPSA) is 85.9 Å². The largest absolute Gasteiger partial charge is 0.497 e. The van der Waals surface area contributed by atoms with Crippen LogP contribution in [0.15, 0.2) is 18.2 Å². The van der Waals surface area contributed by atoms with E-state index in [2.05, 4.69) is 4.98 Å². The number of carbonyl (C=O) groups excluding carboxylic acids is 2. The molecule has 2 aromatic rings. The van der Waals surface area contributed by atoms with Gasteiger partial charge in [-0.2, -0.15) is 0 Å². The molecular formula is C19H23N3O4. The van der Waals surface area contributed by atoms with Crippen LogP contribution in [0.5, 0.6) is 5.75 Å². The highest BCUT2D eigenvalue weighted by atomic mass is 16.5. The number of H-pyrrole nitrogens is 1. The van der Waals surface area contributed by atoms with Gasteiger partial charge in [0.05, 0.1) is 25.2 Å². The van der Waals surface area contributed by atoms with Crippen LogP contribution in [0.3, 0.4) is 0 Å². The van der Waals surface area contributed by atoms with Crippen LogP contribution in [0.2, 0.25) is 0 Å². The van der Waals surface area contributed by atoms with Gasteiger partial charge in [-0.15, -0.1) is 0 Å². The monoisotopic (exact) mass is 357 g/mol. The summed E-state index contributed by atoms with van der Waals surface area (Å²) in [4.78, 5) is 30.9. The fraction of sp³-hybridized carbons (Fsp3) is 0.474. The Hall–Kier alpha value is -2.54. The Balaban J connectivity index is 1.91. The van der Waals surface area contributed by atoms with Gasteiger partial charge in [-0.1, -0.05) is 0 Å². The lowest BCUT2D eigenvalue weighted by molar-refractivity contribution is -0.142. The summed E-state index contributed by atoms with van der Waals surface area (Å²) in [6.45, 7) is 4.60. The van der Waals surface area contributed by atoms with Crippen molar-refractivity contribution in [2.45, 2.75) is 25.3 Å². The van der Waals surface area contributed by atoms with Crippen LogP contribution in [-0.4, -0.2) is 65.1 Å². The van der Waals surface area contributed by atoms with Crippen LogP contribution >= 0.6 is 0 Å². The summed E-state index contributed by atoms with van der Waals surface area (Å²) in [5.74, 6) is 0.706. The third kappa shape index (κ3) is 2.23. The molecular weight excluding hydrogens is 334 g/mol. The lowest BCUT2D eigenvalue weighted by atomic mass is 9.68. The van der Waals surface area contributed by atoms with Crippen molar-refractivity contribution in [3.63, 3.8) is 0 Å². The summed E-state index contributed by atoms with van der Waals surface area (Å²) in [6, 6.07) is 5.45. The van der Waals surface area contributed by atoms with Crippen molar-refractivity contribution < 1.29 is 19.4 Å². The molecule has 1 spiro atoms. The lowest BCUT2D eigenvalue weighted by Crippen LogP contribution is -2.67. The lowest BCUT2D eigenvalue weighted by Gasteiger charge is -2.55. The van der Waals surface area contributed by atoms with E-state index in [0.717, 1.165) is 27.9 Å². The molecule has 138 valence electrons. The average Bonchev–Trinajstić information content (AvgIpc) is 2.96. The summed E-state index contributed by atoms with van der Waals surface area (Å²) >= 11 is 0. The van der Waals surface area contributed by atoms with Crippen LogP contribution in [0.4, 0.5) is 0 Å². The first kappa shape index (κ1) is 16.9. The molecule has 1 aromatic carbocycles. The van der Waals surface area contributed by atoms with E-state index in [1.54, 1.807) is 23.8 Å². The maximum atomic E-state index is 12.2. The summed E-state index contributed by atoms with van der Waals surface area (Å²) in [7, 11) is 1.62. The van der Waals surface area contributed by atoms with Gasteiger partial charge in [0.15, 0.2) is 0 Å². The number of amides is 2. The second-order valence-corrected chi connectivity index (χ2v) is 7.33. The van der Waals surface area contributed by atoms with Crippen LogP contribution < -0.4 is 4.74 Å². The third-order valence-electron chi connectivity index (χ3n) is 5.76. The molecule has 7 heteroatoms. The third-order valence-corrected chi connectivity index (χ3v) is 5.76. The molecule has 7 nitrogen and oxygen atoms in total. The number of hydrogen-bond donors (Lipinski definition) is 2. The van der Waals surface area contributed by atoms with Gasteiger partial charge in [0, 0.05) is 56.1 Å². The maximum absolute atomic E-state index is 12.2. The highest BCUT2D eigenvalue weighted by molar-refractivity contribution is 5.89. The van der Waals surface area contributed by atoms with Gasteiger partial charge >= 0.3 is 0 Å². The minimum Gasteiger partial charge on any atom is -0.497 e. The van der Waals surface area contributed by atoms with Crippen molar-refractivity contribution >= 4 is 22.7 Å². The van der Waals surface area contributed by atoms with E-state index in [1.165, 1.54) is 6.92 Å². The molecule has 1 atom stereocenters. The van der Waals surface area contributed by atoms with Crippen LogP contribution in [-0.2, 0) is 15.0 Å². The van der Waals surface area contributed by atoms with Crippen molar-refractivity contribution in [3.05, 3.63) is 29.5 Å². The number of benzene rings is 1. The number of aliphatic hydroxyl groups excluding tert-OH is 1. The van der Waals surface area contributed by atoms with E-state index >= 15 is 0 Å². The second-order valence-electron chi connectivity index (χ2n) is 7.33. The summed E-state index contributed by atoms with van der Waals surface area (Å²) in [6.07, 6.45) is 0. The van der Waals surface area contributed by atoms with E-state index in [9.17, 15) is 14.7 Å². The van der Waals surface area contributed by atoms with Crippen molar-refractivity contribution in [1.82, 2.24) is 14.8 Å². The highest BCUT2D eigenvalue weighted by Crippen LogP contribution is 2.48. The van der Waals surface area contributed by atoms with E-state index in [0.29, 0.717) is 19.6 Å². The smallest absolute Gasteiger partial charge is 0.220 e. The molecule has 4 rings (SSSR count). The van der Waals surface area contributed by atoms with Crippen LogP contribution in [0.1, 0.15) is 31.1 Å². The number of ether oxygens (including phenoxy) is 1. The second kappa shape index (κ2) is 5.74. The number of rotatable bonds is 2. The number of aliphatic hydroxyl groups is 1. The van der Waals surface area contributed by atoms with E-state index < -0.39 is 6.04 Å². The van der Waals surface area contributed by atoms with Gasteiger partial charge in [-0.05, 0) is 17.7 Å². The molecule has 1 aromatic heterocycles. The molecule has 2 aliphatic heterocycles.